The zero-order valence-electron chi connectivity index (χ0n) is 15.3. The average molecular weight is 340 g/mol. The SMILES string of the molecule is CCCCCCOc1ccc(C2=C=CC=C(OCCOC)C=C2)cc1. The van der Waals surface area contributed by atoms with E-state index in [1.54, 1.807) is 7.11 Å². The first-order chi connectivity index (χ1) is 12.3. The predicted molar refractivity (Wildman–Crippen MR) is 103 cm³/mol. The fourth-order valence-electron chi connectivity index (χ4n) is 2.45. The van der Waals surface area contributed by atoms with E-state index >= 15 is 0 Å². The third-order valence-electron chi connectivity index (χ3n) is 3.89. The highest BCUT2D eigenvalue weighted by atomic mass is 16.5. The van der Waals surface area contributed by atoms with Gasteiger partial charge in [-0.25, -0.2) is 0 Å². The van der Waals surface area contributed by atoms with Crippen LogP contribution in [0.2, 0.25) is 0 Å². The van der Waals surface area contributed by atoms with Gasteiger partial charge in [-0.15, -0.1) is 5.73 Å². The van der Waals surface area contributed by atoms with E-state index < -0.39 is 0 Å². The van der Waals surface area contributed by atoms with Gasteiger partial charge >= 0.3 is 0 Å². The second-order valence-electron chi connectivity index (χ2n) is 5.90. The highest BCUT2D eigenvalue weighted by Gasteiger charge is 2.02. The van der Waals surface area contributed by atoms with Crippen molar-refractivity contribution in [1.82, 2.24) is 0 Å². The minimum Gasteiger partial charge on any atom is -0.494 e. The Labute approximate surface area is 151 Å². The molecule has 0 N–H and O–H groups in total. The minimum atomic E-state index is 0.542. The molecule has 3 heteroatoms. The van der Waals surface area contributed by atoms with E-state index in [1.807, 2.05) is 36.4 Å². The molecule has 3 nitrogen and oxygen atoms in total. The number of benzene rings is 1. The molecule has 0 spiro atoms. The summed E-state index contributed by atoms with van der Waals surface area (Å²) in [5, 5.41) is 0. The Bertz CT molecular complexity index is 632. The second-order valence-corrected chi connectivity index (χ2v) is 5.90. The van der Waals surface area contributed by atoms with Gasteiger partial charge in [0.15, 0.2) is 0 Å². The quantitative estimate of drug-likeness (QED) is 0.404. The number of unbranched alkanes of at least 4 members (excludes halogenated alkanes) is 3. The lowest BCUT2D eigenvalue weighted by atomic mass is 10.1. The van der Waals surface area contributed by atoms with Crippen LogP contribution in [0.1, 0.15) is 38.2 Å². The van der Waals surface area contributed by atoms with Crippen LogP contribution in [-0.2, 0) is 9.47 Å². The Kier molecular flexibility index (Phi) is 8.68. The Morgan fingerprint density at radius 3 is 2.48 bits per heavy atom. The third-order valence-corrected chi connectivity index (χ3v) is 3.89. The summed E-state index contributed by atoms with van der Waals surface area (Å²) in [6.45, 7) is 4.12. The molecule has 0 radical (unpaired) electrons. The first-order valence-corrected chi connectivity index (χ1v) is 9.03. The van der Waals surface area contributed by atoms with E-state index in [9.17, 15) is 0 Å². The van der Waals surface area contributed by atoms with Gasteiger partial charge in [-0.2, -0.15) is 0 Å². The maximum Gasteiger partial charge on any atom is 0.120 e. The fourth-order valence-corrected chi connectivity index (χ4v) is 2.45. The van der Waals surface area contributed by atoms with Crippen molar-refractivity contribution in [3.05, 3.63) is 65.6 Å². The van der Waals surface area contributed by atoms with Gasteiger partial charge in [0, 0.05) is 12.7 Å². The van der Waals surface area contributed by atoms with Crippen LogP contribution in [0.3, 0.4) is 0 Å². The van der Waals surface area contributed by atoms with Crippen molar-refractivity contribution in [2.75, 3.05) is 26.9 Å². The molecule has 0 heterocycles. The molecule has 0 aromatic heterocycles. The number of allylic oxidation sites excluding steroid dienone is 4. The van der Waals surface area contributed by atoms with Crippen molar-refractivity contribution in [3.63, 3.8) is 0 Å². The lowest BCUT2D eigenvalue weighted by Crippen LogP contribution is -2.00. The van der Waals surface area contributed by atoms with Crippen LogP contribution in [0.15, 0.2) is 60.1 Å². The van der Waals surface area contributed by atoms with Crippen molar-refractivity contribution >= 4 is 5.57 Å². The van der Waals surface area contributed by atoms with E-state index in [1.165, 1.54) is 19.3 Å². The molecule has 1 aliphatic carbocycles. The number of rotatable bonds is 11. The van der Waals surface area contributed by atoms with Gasteiger partial charge in [-0.3, -0.25) is 0 Å². The fraction of sp³-hybridized carbons (Fsp3) is 0.409. The number of hydrogen-bond acceptors (Lipinski definition) is 3. The van der Waals surface area contributed by atoms with Crippen molar-refractivity contribution < 1.29 is 14.2 Å². The number of ether oxygens (including phenoxy) is 3. The molecule has 0 fully saturated rings. The van der Waals surface area contributed by atoms with Gasteiger partial charge in [-0.1, -0.05) is 38.3 Å². The van der Waals surface area contributed by atoms with Gasteiger partial charge in [0.25, 0.3) is 0 Å². The average Bonchev–Trinajstić information content (AvgIpc) is 2.88. The van der Waals surface area contributed by atoms with Gasteiger partial charge in [0.2, 0.25) is 0 Å². The maximum absolute atomic E-state index is 5.79. The zero-order valence-corrected chi connectivity index (χ0v) is 15.3. The molecule has 0 aliphatic heterocycles. The molecule has 0 amide bonds. The summed E-state index contributed by atoms with van der Waals surface area (Å²) < 4.78 is 16.4. The van der Waals surface area contributed by atoms with Crippen LogP contribution in [0.4, 0.5) is 0 Å². The maximum atomic E-state index is 5.79. The Hall–Kier alpha value is -2.22. The zero-order chi connectivity index (χ0) is 17.7. The van der Waals surface area contributed by atoms with Crippen molar-refractivity contribution in [2.24, 2.45) is 0 Å². The normalized spacial score (nSPS) is 13.2. The molecule has 0 bridgehead atoms. The lowest BCUT2D eigenvalue weighted by Gasteiger charge is -2.07. The summed E-state index contributed by atoms with van der Waals surface area (Å²) in [5.41, 5.74) is 5.41. The highest BCUT2D eigenvalue weighted by Crippen LogP contribution is 2.21. The first kappa shape index (κ1) is 19.1. The summed E-state index contributed by atoms with van der Waals surface area (Å²) in [6, 6.07) is 8.18. The van der Waals surface area contributed by atoms with Crippen molar-refractivity contribution in [2.45, 2.75) is 32.6 Å². The van der Waals surface area contributed by atoms with Crippen LogP contribution >= 0.6 is 0 Å². The monoisotopic (exact) mass is 340 g/mol. The Balaban J connectivity index is 1.86. The summed E-state index contributed by atoms with van der Waals surface area (Å²) in [4.78, 5) is 0. The van der Waals surface area contributed by atoms with Crippen LogP contribution < -0.4 is 4.74 Å². The van der Waals surface area contributed by atoms with E-state index in [0.717, 1.165) is 35.7 Å². The summed E-state index contributed by atoms with van der Waals surface area (Å²) in [7, 11) is 1.67. The highest BCUT2D eigenvalue weighted by molar-refractivity contribution is 5.75. The van der Waals surface area contributed by atoms with Crippen LogP contribution in [0, 0.1) is 0 Å². The van der Waals surface area contributed by atoms with Gasteiger partial charge in [-0.05, 0) is 48.4 Å². The lowest BCUT2D eigenvalue weighted by molar-refractivity contribution is 0.114. The molecule has 1 aromatic carbocycles. The molecule has 0 unspecified atom stereocenters. The number of methoxy groups -OCH3 is 1. The molecule has 0 saturated carbocycles. The second kappa shape index (κ2) is 11.4. The van der Waals surface area contributed by atoms with E-state index in [4.69, 9.17) is 14.2 Å². The molecular weight excluding hydrogens is 312 g/mol. The Morgan fingerprint density at radius 1 is 0.880 bits per heavy atom. The molecule has 1 aromatic rings. The molecule has 0 saturated heterocycles. The third kappa shape index (κ3) is 7.04. The van der Waals surface area contributed by atoms with E-state index in [2.05, 4.69) is 24.8 Å². The van der Waals surface area contributed by atoms with Crippen LogP contribution in [0.5, 0.6) is 5.75 Å². The first-order valence-electron chi connectivity index (χ1n) is 9.03. The molecule has 134 valence electrons. The largest absolute Gasteiger partial charge is 0.494 e. The van der Waals surface area contributed by atoms with Crippen LogP contribution in [-0.4, -0.2) is 26.9 Å². The summed E-state index contributed by atoms with van der Waals surface area (Å²) in [5.74, 6) is 1.73. The molecule has 1 aliphatic rings. The van der Waals surface area contributed by atoms with E-state index in [0.29, 0.717) is 13.2 Å². The smallest absolute Gasteiger partial charge is 0.120 e. The Morgan fingerprint density at radius 2 is 1.72 bits per heavy atom. The van der Waals surface area contributed by atoms with Crippen molar-refractivity contribution in [3.8, 4) is 5.75 Å². The van der Waals surface area contributed by atoms with E-state index in [-0.39, 0.29) is 0 Å². The topological polar surface area (TPSA) is 27.7 Å². The number of hydrogen-bond donors (Lipinski definition) is 0. The van der Waals surface area contributed by atoms with Gasteiger partial charge < -0.3 is 14.2 Å². The molecule has 25 heavy (non-hydrogen) atoms. The predicted octanol–water partition coefficient (Wildman–Crippen LogP) is 5.30. The van der Waals surface area contributed by atoms with Crippen molar-refractivity contribution in [1.29, 1.82) is 0 Å². The summed E-state index contributed by atoms with van der Waals surface area (Å²) >= 11 is 0. The minimum absolute atomic E-state index is 0.542. The molecule has 0 atom stereocenters. The van der Waals surface area contributed by atoms with Gasteiger partial charge in [0.05, 0.1) is 13.2 Å². The standard InChI is InChI=1S/C22H28O3/c1-3-4-5-6-16-24-22-14-11-20(12-15-22)19-8-7-9-21(13-10-19)25-18-17-23-2/h7,9-15H,3-6,16-18H2,1-2H3. The molecule has 2 rings (SSSR count). The summed E-state index contributed by atoms with van der Waals surface area (Å²) in [6.07, 6.45) is 12.6. The van der Waals surface area contributed by atoms with Gasteiger partial charge in [0.1, 0.15) is 18.1 Å². The van der Waals surface area contributed by atoms with Crippen LogP contribution in [0.25, 0.3) is 5.57 Å². The molecular formula is C22H28O3.